The van der Waals surface area contributed by atoms with Crippen LogP contribution in [0.25, 0.3) is 16.7 Å². The van der Waals surface area contributed by atoms with Gasteiger partial charge in [-0.15, -0.1) is 0 Å². The fourth-order valence-corrected chi connectivity index (χ4v) is 4.50. The number of amides is 1. The van der Waals surface area contributed by atoms with Crippen LogP contribution < -0.4 is 4.90 Å². The first kappa shape index (κ1) is 23.2. The van der Waals surface area contributed by atoms with Gasteiger partial charge in [0.25, 0.3) is 5.91 Å². The Morgan fingerprint density at radius 1 is 1.03 bits per heavy atom. The molecular weight excluding hydrogens is 467 g/mol. The zero-order chi connectivity index (χ0) is 24.5. The van der Waals surface area contributed by atoms with E-state index in [1.165, 1.54) is 24.3 Å². The molecule has 7 nitrogen and oxygen atoms in total. The largest absolute Gasteiger partial charge is 0.354 e. The predicted octanol–water partition coefficient (Wildman–Crippen LogP) is 5.08. The molecule has 1 aliphatic rings. The summed E-state index contributed by atoms with van der Waals surface area (Å²) in [6.45, 7) is 6.67. The molecule has 3 heterocycles. The molecule has 1 amide bonds. The maximum Gasteiger partial charge on any atom is 0.253 e. The zero-order valence-corrected chi connectivity index (χ0v) is 20.4. The van der Waals surface area contributed by atoms with Crippen LogP contribution in [0.2, 0.25) is 5.02 Å². The summed E-state index contributed by atoms with van der Waals surface area (Å²) in [4.78, 5) is 26.8. The molecule has 1 saturated heterocycles. The van der Waals surface area contributed by atoms with E-state index in [4.69, 9.17) is 21.6 Å². The normalized spacial score (nSPS) is 14.5. The lowest BCUT2D eigenvalue weighted by atomic mass is 10.2. The summed E-state index contributed by atoms with van der Waals surface area (Å²) in [6, 6.07) is 13.2. The summed E-state index contributed by atoms with van der Waals surface area (Å²) in [5.74, 6) is 1.25. The van der Waals surface area contributed by atoms with E-state index >= 15 is 0 Å². The standard InChI is InChI=1S/C26H26ClFN6O/c1-17(2)23-30-24(22-16-29-34(25(22)31-23)21-6-3-5-19(27)15-21)32-11-4-12-33(14-13-32)26(35)18-7-9-20(28)10-8-18/h3,5-10,15-17H,4,11-14H2,1-2H3. The number of benzene rings is 2. The summed E-state index contributed by atoms with van der Waals surface area (Å²) in [6.07, 6.45) is 2.58. The molecule has 0 N–H and O–H groups in total. The summed E-state index contributed by atoms with van der Waals surface area (Å²) < 4.78 is 15.1. The van der Waals surface area contributed by atoms with E-state index < -0.39 is 0 Å². The minimum atomic E-state index is -0.351. The quantitative estimate of drug-likeness (QED) is 0.397. The molecule has 1 aliphatic heterocycles. The molecule has 1 fully saturated rings. The molecule has 2 aromatic heterocycles. The van der Waals surface area contributed by atoms with E-state index in [1.54, 1.807) is 10.9 Å². The number of carbonyl (C=O) groups excluding carboxylic acids is 1. The number of carbonyl (C=O) groups is 1. The molecule has 9 heteroatoms. The van der Waals surface area contributed by atoms with Gasteiger partial charge in [0, 0.05) is 42.7 Å². The van der Waals surface area contributed by atoms with Crippen molar-refractivity contribution in [3.63, 3.8) is 0 Å². The Bertz CT molecular complexity index is 1370. The van der Waals surface area contributed by atoms with Crippen LogP contribution in [-0.2, 0) is 0 Å². The fraction of sp³-hybridized carbons (Fsp3) is 0.308. The van der Waals surface area contributed by atoms with Crippen LogP contribution in [0.15, 0.2) is 54.7 Å². The highest BCUT2D eigenvalue weighted by Crippen LogP contribution is 2.29. The topological polar surface area (TPSA) is 67.2 Å². The van der Waals surface area contributed by atoms with Gasteiger partial charge >= 0.3 is 0 Å². The summed E-state index contributed by atoms with van der Waals surface area (Å²) in [5, 5.41) is 6.09. The Hall–Kier alpha value is -3.52. The molecule has 0 unspecified atom stereocenters. The lowest BCUT2D eigenvalue weighted by molar-refractivity contribution is 0.0767. The second-order valence-corrected chi connectivity index (χ2v) is 9.41. The number of hydrogen-bond donors (Lipinski definition) is 0. The van der Waals surface area contributed by atoms with Gasteiger partial charge in [0.1, 0.15) is 17.5 Å². The molecule has 35 heavy (non-hydrogen) atoms. The average molecular weight is 493 g/mol. The van der Waals surface area contributed by atoms with E-state index in [0.29, 0.717) is 30.2 Å². The molecule has 4 aromatic rings. The zero-order valence-electron chi connectivity index (χ0n) is 19.7. The molecule has 0 saturated carbocycles. The van der Waals surface area contributed by atoms with Gasteiger partial charge in [-0.2, -0.15) is 5.10 Å². The molecule has 0 radical (unpaired) electrons. The van der Waals surface area contributed by atoms with Crippen LogP contribution >= 0.6 is 11.6 Å². The average Bonchev–Trinajstić information content (AvgIpc) is 3.13. The number of hydrogen-bond acceptors (Lipinski definition) is 5. The molecule has 180 valence electrons. The molecule has 0 spiro atoms. The number of nitrogens with zero attached hydrogens (tertiary/aromatic N) is 6. The Kier molecular flexibility index (Phi) is 6.38. The molecule has 2 aromatic carbocycles. The number of fused-ring (bicyclic) bond motifs is 1. The van der Waals surface area contributed by atoms with Crippen LogP contribution in [0.3, 0.4) is 0 Å². The first-order valence-corrected chi connectivity index (χ1v) is 12.1. The Labute approximate surface area is 208 Å². The minimum absolute atomic E-state index is 0.0867. The van der Waals surface area contributed by atoms with Crippen LogP contribution in [-0.4, -0.2) is 56.7 Å². The number of aromatic nitrogens is 4. The van der Waals surface area contributed by atoms with E-state index in [0.717, 1.165) is 41.3 Å². The van der Waals surface area contributed by atoms with Gasteiger partial charge in [0.2, 0.25) is 0 Å². The van der Waals surface area contributed by atoms with Crippen molar-refractivity contribution < 1.29 is 9.18 Å². The summed E-state index contributed by atoms with van der Waals surface area (Å²) in [5.41, 5.74) is 2.05. The van der Waals surface area contributed by atoms with Gasteiger partial charge in [-0.3, -0.25) is 4.79 Å². The van der Waals surface area contributed by atoms with Crippen LogP contribution in [0.5, 0.6) is 0 Å². The third kappa shape index (κ3) is 4.71. The first-order chi connectivity index (χ1) is 16.9. The van der Waals surface area contributed by atoms with Gasteiger partial charge < -0.3 is 9.80 Å². The first-order valence-electron chi connectivity index (χ1n) is 11.7. The Morgan fingerprint density at radius 3 is 2.57 bits per heavy atom. The van der Waals surface area contributed by atoms with Crippen molar-refractivity contribution in [2.24, 2.45) is 0 Å². The summed E-state index contributed by atoms with van der Waals surface area (Å²) in [7, 11) is 0. The molecule has 5 rings (SSSR count). The van der Waals surface area contributed by atoms with Crippen molar-refractivity contribution >= 4 is 34.4 Å². The monoisotopic (exact) mass is 492 g/mol. The van der Waals surface area contributed by atoms with Crippen molar-refractivity contribution in [3.8, 4) is 5.69 Å². The second kappa shape index (κ2) is 9.62. The van der Waals surface area contributed by atoms with Crippen molar-refractivity contribution in [1.82, 2.24) is 24.6 Å². The third-order valence-corrected chi connectivity index (χ3v) is 6.40. The van der Waals surface area contributed by atoms with Crippen molar-refractivity contribution in [3.05, 3.63) is 77.0 Å². The highest BCUT2D eigenvalue weighted by atomic mass is 35.5. The van der Waals surface area contributed by atoms with Crippen LogP contribution in [0.4, 0.5) is 10.2 Å². The number of halogens is 2. The summed E-state index contributed by atoms with van der Waals surface area (Å²) >= 11 is 6.22. The van der Waals surface area contributed by atoms with E-state index in [9.17, 15) is 9.18 Å². The number of anilines is 1. The maximum absolute atomic E-state index is 13.3. The highest BCUT2D eigenvalue weighted by Gasteiger charge is 2.24. The fourth-order valence-electron chi connectivity index (χ4n) is 4.31. The van der Waals surface area contributed by atoms with Gasteiger partial charge in [-0.25, -0.2) is 19.0 Å². The van der Waals surface area contributed by atoms with E-state index in [1.807, 2.05) is 29.2 Å². The van der Waals surface area contributed by atoms with Gasteiger partial charge in [-0.1, -0.05) is 31.5 Å². The molecule has 0 aliphatic carbocycles. The lowest BCUT2D eigenvalue weighted by Gasteiger charge is -2.24. The minimum Gasteiger partial charge on any atom is -0.354 e. The maximum atomic E-state index is 13.3. The van der Waals surface area contributed by atoms with Gasteiger partial charge in [0.05, 0.1) is 17.3 Å². The third-order valence-electron chi connectivity index (χ3n) is 6.17. The Balaban J connectivity index is 1.47. The van der Waals surface area contributed by atoms with E-state index in [2.05, 4.69) is 23.8 Å². The molecule has 0 bridgehead atoms. The smallest absolute Gasteiger partial charge is 0.253 e. The molecule has 0 atom stereocenters. The van der Waals surface area contributed by atoms with E-state index in [-0.39, 0.29) is 17.6 Å². The second-order valence-electron chi connectivity index (χ2n) is 8.97. The predicted molar refractivity (Wildman–Crippen MR) is 135 cm³/mol. The lowest BCUT2D eigenvalue weighted by Crippen LogP contribution is -2.35. The van der Waals surface area contributed by atoms with Crippen molar-refractivity contribution in [2.75, 3.05) is 31.1 Å². The SMILES string of the molecule is CC(C)c1nc(N2CCCN(C(=O)c3ccc(F)cc3)CC2)c2cnn(-c3cccc(Cl)c3)c2n1. The van der Waals surface area contributed by atoms with Crippen molar-refractivity contribution in [1.29, 1.82) is 0 Å². The van der Waals surface area contributed by atoms with Crippen LogP contribution in [0, 0.1) is 5.82 Å². The van der Waals surface area contributed by atoms with Crippen LogP contribution in [0.1, 0.15) is 42.4 Å². The molecular formula is C26H26ClFN6O. The Morgan fingerprint density at radius 2 is 1.83 bits per heavy atom. The van der Waals surface area contributed by atoms with Crippen molar-refractivity contribution in [2.45, 2.75) is 26.2 Å². The van der Waals surface area contributed by atoms with Gasteiger partial charge in [-0.05, 0) is 48.9 Å². The number of rotatable bonds is 4. The highest BCUT2D eigenvalue weighted by molar-refractivity contribution is 6.30. The van der Waals surface area contributed by atoms with Gasteiger partial charge in [0.15, 0.2) is 5.65 Å².